The Kier molecular flexibility index (Phi) is 4.37. The maximum absolute atomic E-state index is 5.56. The Hall–Kier alpha value is -1.62. The summed E-state index contributed by atoms with van der Waals surface area (Å²) in [5.74, 6) is 1.19. The van der Waals surface area contributed by atoms with E-state index in [0.29, 0.717) is 11.8 Å². The predicted octanol–water partition coefficient (Wildman–Crippen LogP) is 3.81. The molecule has 0 amide bonds. The van der Waals surface area contributed by atoms with E-state index in [-0.39, 0.29) is 12.1 Å². The summed E-state index contributed by atoms with van der Waals surface area (Å²) >= 11 is 1.78. The molecular weight excluding hydrogens is 258 g/mol. The first-order valence-electron chi connectivity index (χ1n) is 6.37. The summed E-state index contributed by atoms with van der Waals surface area (Å²) in [6, 6.07) is 6.21. The van der Waals surface area contributed by atoms with Gasteiger partial charge in [0.15, 0.2) is 0 Å². The molecule has 0 saturated heterocycles. The van der Waals surface area contributed by atoms with Crippen LogP contribution in [0.2, 0.25) is 0 Å². The van der Waals surface area contributed by atoms with E-state index in [1.807, 2.05) is 13.8 Å². The summed E-state index contributed by atoms with van der Waals surface area (Å²) in [7, 11) is 0. The molecule has 5 heteroatoms. The van der Waals surface area contributed by atoms with Crippen molar-refractivity contribution in [3.8, 4) is 5.88 Å². The van der Waals surface area contributed by atoms with Crippen molar-refractivity contribution >= 4 is 17.3 Å². The number of ether oxygens (including phenoxy) is 1. The number of aryl methyl sites for hydroxylation is 1. The van der Waals surface area contributed by atoms with Crippen molar-refractivity contribution in [1.82, 2.24) is 9.97 Å². The van der Waals surface area contributed by atoms with Crippen molar-refractivity contribution < 1.29 is 4.74 Å². The first-order valence-corrected chi connectivity index (χ1v) is 7.19. The number of anilines is 1. The summed E-state index contributed by atoms with van der Waals surface area (Å²) in [5, 5.41) is 3.29. The molecule has 1 unspecified atom stereocenters. The molecule has 0 bridgehead atoms. The summed E-state index contributed by atoms with van der Waals surface area (Å²) in [5.41, 5.74) is 0. The Morgan fingerprint density at radius 2 is 2.00 bits per heavy atom. The number of nitrogens with one attached hydrogen (secondary N) is 1. The van der Waals surface area contributed by atoms with Crippen LogP contribution in [0.15, 0.2) is 24.4 Å². The zero-order valence-corrected chi connectivity index (χ0v) is 12.5. The van der Waals surface area contributed by atoms with Crippen LogP contribution in [0.25, 0.3) is 0 Å². The lowest BCUT2D eigenvalue weighted by atomic mass is 10.3. The lowest BCUT2D eigenvalue weighted by Crippen LogP contribution is -2.11. The molecule has 0 aliphatic heterocycles. The fraction of sp³-hybridized carbons (Fsp3) is 0.429. The maximum Gasteiger partial charge on any atom is 0.226 e. The molecule has 102 valence electrons. The van der Waals surface area contributed by atoms with E-state index in [4.69, 9.17) is 4.74 Å². The van der Waals surface area contributed by atoms with E-state index < -0.39 is 0 Å². The summed E-state index contributed by atoms with van der Waals surface area (Å²) in [6.07, 6.45) is 1.82. The third-order valence-corrected chi connectivity index (χ3v) is 3.70. The van der Waals surface area contributed by atoms with Gasteiger partial charge in [0.05, 0.1) is 12.1 Å². The molecule has 0 fully saturated rings. The largest absolute Gasteiger partial charge is 0.475 e. The van der Waals surface area contributed by atoms with Gasteiger partial charge in [-0.1, -0.05) is 0 Å². The third-order valence-electron chi connectivity index (χ3n) is 2.52. The lowest BCUT2D eigenvalue weighted by Gasteiger charge is -2.13. The Balaban J connectivity index is 2.06. The highest BCUT2D eigenvalue weighted by Gasteiger charge is 2.10. The van der Waals surface area contributed by atoms with Crippen LogP contribution in [0.5, 0.6) is 5.88 Å². The third kappa shape index (κ3) is 3.92. The van der Waals surface area contributed by atoms with Crippen LogP contribution in [0.1, 0.15) is 36.6 Å². The highest BCUT2D eigenvalue weighted by molar-refractivity contribution is 7.12. The molecule has 0 spiro atoms. The van der Waals surface area contributed by atoms with Gasteiger partial charge in [0, 0.05) is 22.0 Å². The molecule has 0 saturated carbocycles. The van der Waals surface area contributed by atoms with E-state index in [0.717, 1.165) is 0 Å². The fourth-order valence-electron chi connectivity index (χ4n) is 1.67. The van der Waals surface area contributed by atoms with Crippen LogP contribution in [0.3, 0.4) is 0 Å². The quantitative estimate of drug-likeness (QED) is 0.903. The number of aromatic nitrogens is 2. The van der Waals surface area contributed by atoms with Gasteiger partial charge in [0.25, 0.3) is 0 Å². The SMILES string of the molecule is Cc1ccc(C(C)Nc2nccc(OC(C)C)n2)s1. The molecule has 0 radical (unpaired) electrons. The van der Waals surface area contributed by atoms with Crippen molar-refractivity contribution in [2.75, 3.05) is 5.32 Å². The van der Waals surface area contributed by atoms with Gasteiger partial charge >= 0.3 is 0 Å². The molecular formula is C14H19N3OS. The molecule has 1 atom stereocenters. The van der Waals surface area contributed by atoms with Crippen LogP contribution in [-0.2, 0) is 0 Å². The monoisotopic (exact) mass is 277 g/mol. The van der Waals surface area contributed by atoms with Gasteiger partial charge in [-0.05, 0) is 39.8 Å². The Bertz CT molecular complexity index is 539. The Labute approximate surface area is 117 Å². The second-order valence-electron chi connectivity index (χ2n) is 4.70. The minimum absolute atomic E-state index is 0.111. The highest BCUT2D eigenvalue weighted by atomic mass is 32.1. The summed E-state index contributed by atoms with van der Waals surface area (Å²) in [4.78, 5) is 11.1. The van der Waals surface area contributed by atoms with Crippen LogP contribution in [-0.4, -0.2) is 16.1 Å². The summed E-state index contributed by atoms with van der Waals surface area (Å²) < 4.78 is 5.56. The van der Waals surface area contributed by atoms with E-state index in [1.165, 1.54) is 9.75 Å². The van der Waals surface area contributed by atoms with Crippen LogP contribution >= 0.6 is 11.3 Å². The number of hydrogen-bond acceptors (Lipinski definition) is 5. The number of nitrogens with zero attached hydrogens (tertiary/aromatic N) is 2. The molecule has 2 rings (SSSR count). The standard InChI is InChI=1S/C14H19N3OS/c1-9(2)18-13-7-8-15-14(17-13)16-11(4)12-6-5-10(3)19-12/h5-9,11H,1-4H3,(H,15,16,17). The van der Waals surface area contributed by atoms with Gasteiger partial charge in [0.2, 0.25) is 11.8 Å². The average molecular weight is 277 g/mol. The minimum Gasteiger partial charge on any atom is -0.475 e. The summed E-state index contributed by atoms with van der Waals surface area (Å²) in [6.45, 7) is 8.16. The molecule has 0 aliphatic carbocycles. The smallest absolute Gasteiger partial charge is 0.226 e. The van der Waals surface area contributed by atoms with Gasteiger partial charge in [-0.3, -0.25) is 0 Å². The molecule has 19 heavy (non-hydrogen) atoms. The van der Waals surface area contributed by atoms with Gasteiger partial charge < -0.3 is 10.1 Å². The maximum atomic E-state index is 5.56. The van der Waals surface area contributed by atoms with Crippen molar-refractivity contribution in [3.63, 3.8) is 0 Å². The van der Waals surface area contributed by atoms with Crippen LogP contribution in [0, 0.1) is 6.92 Å². The average Bonchev–Trinajstić information content (AvgIpc) is 2.75. The molecule has 2 aromatic heterocycles. The van der Waals surface area contributed by atoms with Crippen molar-refractivity contribution in [3.05, 3.63) is 34.2 Å². The van der Waals surface area contributed by atoms with Crippen LogP contribution < -0.4 is 10.1 Å². The first kappa shape index (κ1) is 13.8. The van der Waals surface area contributed by atoms with Crippen molar-refractivity contribution in [2.24, 2.45) is 0 Å². The van der Waals surface area contributed by atoms with E-state index in [2.05, 4.69) is 41.3 Å². The minimum atomic E-state index is 0.111. The Morgan fingerprint density at radius 3 is 2.63 bits per heavy atom. The molecule has 2 heterocycles. The van der Waals surface area contributed by atoms with Gasteiger partial charge in [0.1, 0.15) is 0 Å². The molecule has 1 N–H and O–H groups in total. The van der Waals surface area contributed by atoms with Gasteiger partial charge in [-0.15, -0.1) is 11.3 Å². The topological polar surface area (TPSA) is 47.0 Å². The van der Waals surface area contributed by atoms with E-state index >= 15 is 0 Å². The number of rotatable bonds is 5. The van der Waals surface area contributed by atoms with E-state index in [9.17, 15) is 0 Å². The normalized spacial score (nSPS) is 12.5. The second-order valence-corrected chi connectivity index (χ2v) is 6.02. The predicted molar refractivity (Wildman–Crippen MR) is 78.9 cm³/mol. The lowest BCUT2D eigenvalue weighted by molar-refractivity contribution is 0.232. The number of hydrogen-bond donors (Lipinski definition) is 1. The fourth-order valence-corrected chi connectivity index (χ4v) is 2.55. The van der Waals surface area contributed by atoms with Crippen LogP contribution in [0.4, 0.5) is 5.95 Å². The molecule has 0 aliphatic rings. The molecule has 4 nitrogen and oxygen atoms in total. The first-order chi connectivity index (χ1) is 9.04. The second kappa shape index (κ2) is 6.02. The van der Waals surface area contributed by atoms with E-state index in [1.54, 1.807) is 23.6 Å². The highest BCUT2D eigenvalue weighted by Crippen LogP contribution is 2.25. The van der Waals surface area contributed by atoms with Crippen molar-refractivity contribution in [2.45, 2.75) is 39.8 Å². The van der Waals surface area contributed by atoms with Gasteiger partial charge in [-0.2, -0.15) is 4.98 Å². The van der Waals surface area contributed by atoms with Crippen molar-refractivity contribution in [1.29, 1.82) is 0 Å². The zero-order valence-electron chi connectivity index (χ0n) is 11.7. The number of thiophene rings is 1. The Morgan fingerprint density at radius 1 is 1.21 bits per heavy atom. The zero-order chi connectivity index (χ0) is 13.8. The molecule has 2 aromatic rings. The molecule has 0 aromatic carbocycles. The van der Waals surface area contributed by atoms with Gasteiger partial charge in [-0.25, -0.2) is 4.98 Å².